The highest BCUT2D eigenvalue weighted by atomic mass is 16.6. The topological polar surface area (TPSA) is 97.0 Å². The maximum absolute atomic E-state index is 13.1. The summed E-state index contributed by atoms with van der Waals surface area (Å²) in [6, 6.07) is 20.7. The van der Waals surface area contributed by atoms with Crippen LogP contribution in [0.3, 0.4) is 0 Å². The maximum atomic E-state index is 13.1. The second-order valence-corrected chi connectivity index (χ2v) is 8.57. The average Bonchev–Trinajstić information content (AvgIpc) is 3.21. The van der Waals surface area contributed by atoms with Crippen LogP contribution >= 0.6 is 0 Å². The van der Waals surface area contributed by atoms with Crippen LogP contribution in [0.4, 0.5) is 10.5 Å². The lowest BCUT2D eigenvalue weighted by Crippen LogP contribution is -2.46. The van der Waals surface area contributed by atoms with Crippen LogP contribution in [-0.2, 0) is 16.1 Å². The Morgan fingerprint density at radius 2 is 1.75 bits per heavy atom. The lowest BCUT2D eigenvalue weighted by atomic mass is 10.00. The molecule has 8 nitrogen and oxygen atoms in total. The van der Waals surface area contributed by atoms with Gasteiger partial charge in [-0.25, -0.2) is 4.79 Å². The molecule has 1 fully saturated rings. The van der Waals surface area contributed by atoms with Crippen molar-refractivity contribution in [3.05, 3.63) is 95.1 Å². The van der Waals surface area contributed by atoms with E-state index in [9.17, 15) is 14.4 Å². The van der Waals surface area contributed by atoms with Crippen LogP contribution in [0.5, 0.6) is 5.75 Å². The summed E-state index contributed by atoms with van der Waals surface area (Å²) in [4.78, 5) is 40.1. The Morgan fingerprint density at radius 1 is 1.03 bits per heavy atom. The van der Waals surface area contributed by atoms with Crippen molar-refractivity contribution in [2.75, 3.05) is 19.0 Å². The Bertz CT molecular complexity index is 1240. The summed E-state index contributed by atoms with van der Waals surface area (Å²) >= 11 is 0. The monoisotopic (exact) mass is 487 g/mol. The first-order valence-corrected chi connectivity index (χ1v) is 11.8. The van der Waals surface area contributed by atoms with E-state index >= 15 is 0 Å². The number of aryl methyl sites for hydroxylation is 1. The van der Waals surface area contributed by atoms with Crippen LogP contribution in [0.1, 0.15) is 40.1 Å². The largest absolute Gasteiger partial charge is 0.497 e. The number of rotatable bonds is 8. The van der Waals surface area contributed by atoms with E-state index in [1.54, 1.807) is 55.6 Å². The zero-order chi connectivity index (χ0) is 25.7. The van der Waals surface area contributed by atoms with Crippen LogP contribution in [0, 0.1) is 6.92 Å². The van der Waals surface area contributed by atoms with Gasteiger partial charge in [0.25, 0.3) is 5.91 Å². The number of carbonyl (C=O) groups is 3. The van der Waals surface area contributed by atoms with E-state index in [1.165, 1.54) is 4.90 Å². The standard InChI is InChI=1S/C28H29N3O5/c1-4-29-27(33)24-25(36-28(34)31(24)17-19-10-8-18(2)9-11-19)21-6-5-7-22(16-21)30-26(32)20-12-14-23(35-3)15-13-20/h5-16,24-25H,4,17H2,1-3H3,(H,29,33)(H,30,32)/t24-,25-/m1/s1. The van der Waals surface area contributed by atoms with Gasteiger partial charge in [-0.05, 0) is 61.4 Å². The molecule has 0 saturated carbocycles. The predicted molar refractivity (Wildman–Crippen MR) is 136 cm³/mol. The highest BCUT2D eigenvalue weighted by Gasteiger charge is 2.46. The number of nitrogens with zero attached hydrogens (tertiary/aromatic N) is 1. The van der Waals surface area contributed by atoms with E-state index in [-0.39, 0.29) is 18.4 Å². The summed E-state index contributed by atoms with van der Waals surface area (Å²) < 4.78 is 10.8. The van der Waals surface area contributed by atoms with Gasteiger partial charge in [0.05, 0.1) is 13.7 Å². The van der Waals surface area contributed by atoms with Gasteiger partial charge in [0.15, 0.2) is 12.1 Å². The van der Waals surface area contributed by atoms with Gasteiger partial charge in [-0.3, -0.25) is 14.5 Å². The molecule has 3 aromatic rings. The Kier molecular flexibility index (Phi) is 7.53. The highest BCUT2D eigenvalue weighted by Crippen LogP contribution is 2.35. The van der Waals surface area contributed by atoms with Gasteiger partial charge in [-0.15, -0.1) is 0 Å². The minimum atomic E-state index is -0.855. The van der Waals surface area contributed by atoms with E-state index in [4.69, 9.17) is 9.47 Å². The summed E-state index contributed by atoms with van der Waals surface area (Å²) in [5.41, 5.74) is 3.61. The first-order chi connectivity index (χ1) is 17.4. The van der Waals surface area contributed by atoms with E-state index in [1.807, 2.05) is 38.1 Å². The number of anilines is 1. The van der Waals surface area contributed by atoms with Gasteiger partial charge in [-0.1, -0.05) is 42.0 Å². The molecule has 8 heteroatoms. The van der Waals surface area contributed by atoms with Gasteiger partial charge >= 0.3 is 6.09 Å². The predicted octanol–water partition coefficient (Wildman–Crippen LogP) is 4.45. The van der Waals surface area contributed by atoms with E-state index < -0.39 is 18.2 Å². The van der Waals surface area contributed by atoms with Gasteiger partial charge in [0, 0.05) is 17.8 Å². The summed E-state index contributed by atoms with van der Waals surface area (Å²) in [5.74, 6) is 0.0656. The summed E-state index contributed by atoms with van der Waals surface area (Å²) in [7, 11) is 1.56. The Labute approximate surface area is 210 Å². The number of hydrogen-bond donors (Lipinski definition) is 2. The number of carbonyl (C=O) groups excluding carboxylic acids is 3. The third-order valence-electron chi connectivity index (χ3n) is 6.00. The molecule has 0 spiro atoms. The van der Waals surface area contributed by atoms with Crippen molar-refractivity contribution in [2.24, 2.45) is 0 Å². The fourth-order valence-electron chi connectivity index (χ4n) is 4.12. The Balaban J connectivity index is 1.57. The number of cyclic esters (lactones) is 1. The normalized spacial score (nSPS) is 16.9. The van der Waals surface area contributed by atoms with Gasteiger partial charge in [-0.2, -0.15) is 0 Å². The first kappa shape index (κ1) is 24.8. The van der Waals surface area contributed by atoms with Crippen molar-refractivity contribution in [2.45, 2.75) is 32.5 Å². The second-order valence-electron chi connectivity index (χ2n) is 8.57. The minimum Gasteiger partial charge on any atom is -0.497 e. The molecular weight excluding hydrogens is 458 g/mol. The number of methoxy groups -OCH3 is 1. The molecule has 3 amide bonds. The zero-order valence-corrected chi connectivity index (χ0v) is 20.5. The molecule has 0 aliphatic carbocycles. The van der Waals surface area contributed by atoms with Crippen molar-refractivity contribution >= 4 is 23.6 Å². The molecule has 0 aromatic heterocycles. The number of benzene rings is 3. The molecule has 1 aliphatic heterocycles. The SMILES string of the molecule is CCNC(=O)[C@H]1[C@@H](c2cccc(NC(=O)c3ccc(OC)cc3)c2)OC(=O)N1Cc1ccc(C)cc1. The Morgan fingerprint density at radius 3 is 2.42 bits per heavy atom. The van der Waals surface area contributed by atoms with Crippen LogP contribution in [0.15, 0.2) is 72.8 Å². The van der Waals surface area contributed by atoms with Crippen LogP contribution < -0.4 is 15.4 Å². The van der Waals surface area contributed by atoms with Crippen molar-refractivity contribution in [3.8, 4) is 5.75 Å². The van der Waals surface area contributed by atoms with Crippen molar-refractivity contribution < 1.29 is 23.9 Å². The number of nitrogens with one attached hydrogen (secondary N) is 2. The van der Waals surface area contributed by atoms with Crippen molar-refractivity contribution in [1.82, 2.24) is 10.2 Å². The minimum absolute atomic E-state index is 0.241. The van der Waals surface area contributed by atoms with Crippen LogP contribution in [0.2, 0.25) is 0 Å². The molecular formula is C28H29N3O5. The van der Waals surface area contributed by atoms with Crippen molar-refractivity contribution in [1.29, 1.82) is 0 Å². The van der Waals surface area contributed by atoms with E-state index in [0.717, 1.165) is 11.1 Å². The molecule has 186 valence electrons. The number of hydrogen-bond acceptors (Lipinski definition) is 5. The van der Waals surface area contributed by atoms with E-state index in [2.05, 4.69) is 10.6 Å². The van der Waals surface area contributed by atoms with Gasteiger partial charge in [0.1, 0.15) is 5.75 Å². The van der Waals surface area contributed by atoms with Gasteiger partial charge in [0.2, 0.25) is 5.91 Å². The molecule has 0 unspecified atom stereocenters. The maximum Gasteiger partial charge on any atom is 0.411 e. The van der Waals surface area contributed by atoms with E-state index in [0.29, 0.717) is 29.1 Å². The van der Waals surface area contributed by atoms with Crippen molar-refractivity contribution in [3.63, 3.8) is 0 Å². The third-order valence-corrected chi connectivity index (χ3v) is 6.00. The summed E-state index contributed by atoms with van der Waals surface area (Å²) in [6.45, 7) is 4.48. The molecule has 2 N–H and O–H groups in total. The Hall–Kier alpha value is -4.33. The number of ether oxygens (including phenoxy) is 2. The molecule has 0 bridgehead atoms. The van der Waals surface area contributed by atoms with Gasteiger partial charge < -0.3 is 20.1 Å². The molecule has 1 heterocycles. The number of amides is 3. The fourth-order valence-corrected chi connectivity index (χ4v) is 4.12. The molecule has 3 aromatic carbocycles. The fraction of sp³-hybridized carbons (Fsp3) is 0.250. The molecule has 36 heavy (non-hydrogen) atoms. The quantitative estimate of drug-likeness (QED) is 0.489. The molecule has 0 radical (unpaired) electrons. The second kappa shape index (κ2) is 10.9. The highest BCUT2D eigenvalue weighted by molar-refractivity contribution is 6.04. The average molecular weight is 488 g/mol. The zero-order valence-electron chi connectivity index (χ0n) is 20.5. The molecule has 1 aliphatic rings. The van der Waals surface area contributed by atoms with Crippen LogP contribution in [0.25, 0.3) is 0 Å². The summed E-state index contributed by atoms with van der Waals surface area (Å²) in [6.07, 6.45) is -1.39. The molecule has 4 rings (SSSR count). The van der Waals surface area contributed by atoms with Crippen LogP contribution in [-0.4, -0.2) is 42.5 Å². The number of likely N-dealkylation sites (N-methyl/N-ethyl adjacent to an activating group) is 1. The molecule has 2 atom stereocenters. The summed E-state index contributed by atoms with van der Waals surface area (Å²) in [5, 5.41) is 5.68. The first-order valence-electron chi connectivity index (χ1n) is 11.8. The smallest absolute Gasteiger partial charge is 0.411 e. The lowest BCUT2D eigenvalue weighted by molar-refractivity contribution is -0.126. The molecule has 1 saturated heterocycles. The third kappa shape index (κ3) is 5.49. The lowest BCUT2D eigenvalue weighted by Gasteiger charge is -2.24.